The molecule has 164 valence electrons. The zero-order chi connectivity index (χ0) is 22.5. The molecule has 5 nitrogen and oxygen atoms in total. The second-order valence-electron chi connectivity index (χ2n) is 7.07. The van der Waals surface area contributed by atoms with Crippen LogP contribution in [0.1, 0.15) is 25.8 Å². The maximum atomic E-state index is 13.0. The summed E-state index contributed by atoms with van der Waals surface area (Å²) in [6.45, 7) is 3.17. The van der Waals surface area contributed by atoms with Gasteiger partial charge in [-0.15, -0.1) is 0 Å². The minimum atomic E-state index is -4.68. The van der Waals surface area contributed by atoms with Crippen molar-refractivity contribution in [3.8, 4) is 0 Å². The van der Waals surface area contributed by atoms with Gasteiger partial charge in [0.05, 0.1) is 27.7 Å². The molecule has 0 aliphatic carbocycles. The van der Waals surface area contributed by atoms with Crippen LogP contribution in [0, 0.1) is 5.92 Å². The minimum absolute atomic E-state index is 0.0216. The molecule has 0 fully saturated rings. The number of para-hydroxylation sites is 1. The Morgan fingerprint density at radius 1 is 1.13 bits per heavy atom. The molecule has 0 saturated carbocycles. The van der Waals surface area contributed by atoms with E-state index in [9.17, 15) is 26.4 Å². The van der Waals surface area contributed by atoms with Crippen molar-refractivity contribution in [1.82, 2.24) is 4.31 Å². The Balaban J connectivity index is 2.31. The van der Waals surface area contributed by atoms with Gasteiger partial charge in [-0.2, -0.15) is 17.5 Å². The Morgan fingerprint density at radius 2 is 1.80 bits per heavy atom. The third kappa shape index (κ3) is 6.45. The molecule has 1 amide bonds. The summed E-state index contributed by atoms with van der Waals surface area (Å²) in [6, 6.07) is 9.92. The number of anilines is 1. The average Bonchev–Trinajstić information content (AvgIpc) is 2.66. The first kappa shape index (κ1) is 24.2. The number of amides is 1. The van der Waals surface area contributed by atoms with Gasteiger partial charge in [0.15, 0.2) is 0 Å². The van der Waals surface area contributed by atoms with Gasteiger partial charge in [0.25, 0.3) is 0 Å². The normalized spacial score (nSPS) is 12.4. The van der Waals surface area contributed by atoms with E-state index in [-0.39, 0.29) is 17.5 Å². The largest absolute Gasteiger partial charge is 0.416 e. The van der Waals surface area contributed by atoms with E-state index in [1.807, 2.05) is 13.8 Å². The van der Waals surface area contributed by atoms with Gasteiger partial charge in [-0.1, -0.05) is 43.6 Å². The highest BCUT2D eigenvalue weighted by molar-refractivity contribution is 7.89. The lowest BCUT2D eigenvalue weighted by molar-refractivity contribution is -0.137. The van der Waals surface area contributed by atoms with Crippen LogP contribution < -0.4 is 5.32 Å². The van der Waals surface area contributed by atoms with Gasteiger partial charge in [0.1, 0.15) is 0 Å². The first-order chi connectivity index (χ1) is 13.9. The standard InChI is InChI=1S/C20H22ClF3N2O3S/c1-14(2)10-11-26(13-19(27)25-18-9-4-3-8-17(18)21)30(28,29)16-7-5-6-15(12-16)20(22,23)24/h3-9,12,14H,10-11,13H2,1-2H3,(H,25,27). The van der Waals surface area contributed by atoms with Crippen LogP contribution in [0.4, 0.5) is 18.9 Å². The van der Waals surface area contributed by atoms with Crippen molar-refractivity contribution in [3.05, 3.63) is 59.1 Å². The lowest BCUT2D eigenvalue weighted by Crippen LogP contribution is -2.39. The maximum Gasteiger partial charge on any atom is 0.416 e. The highest BCUT2D eigenvalue weighted by Gasteiger charge is 2.33. The topological polar surface area (TPSA) is 66.5 Å². The van der Waals surface area contributed by atoms with Crippen molar-refractivity contribution in [3.63, 3.8) is 0 Å². The van der Waals surface area contributed by atoms with Crippen LogP contribution in [0.15, 0.2) is 53.4 Å². The molecule has 2 rings (SSSR count). The summed E-state index contributed by atoms with van der Waals surface area (Å²) in [5.41, 5.74) is -0.766. The molecular weight excluding hydrogens is 441 g/mol. The predicted molar refractivity (Wildman–Crippen MR) is 110 cm³/mol. The number of benzene rings is 2. The first-order valence-electron chi connectivity index (χ1n) is 9.13. The number of hydrogen-bond acceptors (Lipinski definition) is 3. The van der Waals surface area contributed by atoms with E-state index >= 15 is 0 Å². The van der Waals surface area contributed by atoms with Crippen molar-refractivity contribution in [2.45, 2.75) is 31.3 Å². The van der Waals surface area contributed by atoms with Crippen LogP contribution in [0.3, 0.4) is 0 Å². The van der Waals surface area contributed by atoms with Crippen molar-refractivity contribution in [2.24, 2.45) is 5.92 Å². The molecule has 0 spiro atoms. The van der Waals surface area contributed by atoms with E-state index in [1.54, 1.807) is 24.3 Å². The number of halogens is 4. The first-order valence-corrected chi connectivity index (χ1v) is 10.9. The summed E-state index contributed by atoms with van der Waals surface area (Å²) in [5, 5.41) is 2.81. The Kier molecular flexibility index (Phi) is 7.90. The Morgan fingerprint density at radius 3 is 2.40 bits per heavy atom. The van der Waals surface area contributed by atoms with Crippen LogP contribution in [0.5, 0.6) is 0 Å². The number of carbonyl (C=O) groups excluding carboxylic acids is 1. The van der Waals surface area contributed by atoms with E-state index in [0.717, 1.165) is 22.5 Å². The highest BCUT2D eigenvalue weighted by atomic mass is 35.5. The molecule has 0 aliphatic rings. The molecule has 1 N–H and O–H groups in total. The molecule has 2 aromatic rings. The van der Waals surface area contributed by atoms with E-state index in [4.69, 9.17) is 11.6 Å². The molecule has 2 aromatic carbocycles. The summed E-state index contributed by atoms with van der Waals surface area (Å²) < 4.78 is 66.0. The zero-order valence-electron chi connectivity index (χ0n) is 16.4. The van der Waals surface area contributed by atoms with Gasteiger partial charge in [-0.25, -0.2) is 8.42 Å². The highest BCUT2D eigenvalue weighted by Crippen LogP contribution is 2.31. The lowest BCUT2D eigenvalue weighted by atomic mass is 10.1. The second kappa shape index (κ2) is 9.80. The SMILES string of the molecule is CC(C)CCN(CC(=O)Nc1ccccc1Cl)S(=O)(=O)c1cccc(C(F)(F)F)c1. The minimum Gasteiger partial charge on any atom is -0.324 e. The van der Waals surface area contributed by atoms with Crippen molar-refractivity contribution >= 4 is 33.2 Å². The molecule has 0 heterocycles. The number of hydrogen-bond donors (Lipinski definition) is 1. The number of nitrogens with zero attached hydrogens (tertiary/aromatic N) is 1. The van der Waals surface area contributed by atoms with Crippen LogP contribution in [-0.2, 0) is 21.0 Å². The van der Waals surface area contributed by atoms with Gasteiger partial charge >= 0.3 is 6.18 Å². The van der Waals surface area contributed by atoms with E-state index in [2.05, 4.69) is 5.32 Å². The number of carbonyl (C=O) groups is 1. The monoisotopic (exact) mass is 462 g/mol. The van der Waals surface area contributed by atoms with E-state index in [0.29, 0.717) is 18.2 Å². The molecular formula is C20H22ClF3N2O3S. The van der Waals surface area contributed by atoms with Gasteiger partial charge < -0.3 is 5.32 Å². The van der Waals surface area contributed by atoms with E-state index in [1.165, 1.54) is 0 Å². The Hall–Kier alpha value is -2.10. The summed E-state index contributed by atoms with van der Waals surface area (Å²) in [6.07, 6.45) is -4.26. The van der Waals surface area contributed by atoms with Crippen molar-refractivity contribution in [1.29, 1.82) is 0 Å². The molecule has 0 atom stereocenters. The van der Waals surface area contributed by atoms with E-state index < -0.39 is 39.1 Å². The van der Waals surface area contributed by atoms with Gasteiger partial charge in [0, 0.05) is 6.54 Å². The van der Waals surface area contributed by atoms with Gasteiger partial charge in [-0.05, 0) is 42.7 Å². The molecule has 0 aliphatic heterocycles. The van der Waals surface area contributed by atoms with Gasteiger partial charge in [0.2, 0.25) is 15.9 Å². The molecule has 0 unspecified atom stereocenters. The number of sulfonamides is 1. The second-order valence-corrected chi connectivity index (χ2v) is 9.42. The number of nitrogens with one attached hydrogen (secondary N) is 1. The van der Waals surface area contributed by atoms with Crippen LogP contribution in [0.25, 0.3) is 0 Å². The molecule has 0 radical (unpaired) electrons. The molecule has 0 saturated heterocycles. The zero-order valence-corrected chi connectivity index (χ0v) is 18.0. The lowest BCUT2D eigenvalue weighted by Gasteiger charge is -2.23. The summed E-state index contributed by atoms with van der Waals surface area (Å²) in [5.74, 6) is -0.529. The summed E-state index contributed by atoms with van der Waals surface area (Å²) in [4.78, 5) is 11.9. The van der Waals surface area contributed by atoms with Crippen molar-refractivity contribution < 1.29 is 26.4 Å². The fourth-order valence-electron chi connectivity index (χ4n) is 2.58. The van der Waals surface area contributed by atoms with Crippen LogP contribution in [-0.4, -0.2) is 31.7 Å². The summed E-state index contributed by atoms with van der Waals surface area (Å²) >= 11 is 6.00. The third-order valence-corrected chi connectivity index (χ3v) is 6.39. The summed E-state index contributed by atoms with van der Waals surface area (Å²) in [7, 11) is -4.34. The third-order valence-electron chi connectivity index (χ3n) is 4.22. The van der Waals surface area contributed by atoms with Crippen LogP contribution >= 0.6 is 11.6 Å². The number of rotatable bonds is 8. The molecule has 30 heavy (non-hydrogen) atoms. The quantitative estimate of drug-likeness (QED) is 0.598. The maximum absolute atomic E-state index is 13.0. The fraction of sp³-hybridized carbons (Fsp3) is 0.350. The molecule has 10 heteroatoms. The smallest absolute Gasteiger partial charge is 0.324 e. The Labute approximate surface area is 178 Å². The van der Waals surface area contributed by atoms with Crippen molar-refractivity contribution in [2.75, 3.05) is 18.4 Å². The average molecular weight is 463 g/mol. The molecule has 0 aromatic heterocycles. The predicted octanol–water partition coefficient (Wildman–Crippen LogP) is 5.03. The fourth-order valence-corrected chi connectivity index (χ4v) is 4.22. The van der Waals surface area contributed by atoms with Gasteiger partial charge in [-0.3, -0.25) is 4.79 Å². The van der Waals surface area contributed by atoms with Crippen LogP contribution in [0.2, 0.25) is 5.02 Å². The molecule has 0 bridgehead atoms. The number of alkyl halides is 3. The Bertz CT molecular complexity index is 995.